The molecule has 0 aliphatic carbocycles. The van der Waals surface area contributed by atoms with Gasteiger partial charge in [-0.3, -0.25) is 14.5 Å². The van der Waals surface area contributed by atoms with Gasteiger partial charge >= 0.3 is 5.97 Å². The lowest BCUT2D eigenvalue weighted by Crippen LogP contribution is -2.21. The first-order valence-corrected chi connectivity index (χ1v) is 8.75. The molecule has 0 saturated carbocycles. The third-order valence-corrected chi connectivity index (χ3v) is 4.26. The van der Waals surface area contributed by atoms with Crippen LogP contribution in [0.25, 0.3) is 11.0 Å². The third-order valence-electron chi connectivity index (χ3n) is 4.26. The number of aromatic carboxylic acids is 1. The van der Waals surface area contributed by atoms with Gasteiger partial charge in [-0.2, -0.15) is 0 Å². The quantitative estimate of drug-likeness (QED) is 0.632. The number of carboxylic acid groups (broad SMARTS) is 1. The van der Waals surface area contributed by atoms with E-state index in [4.69, 9.17) is 4.74 Å². The molecule has 8 nitrogen and oxygen atoms in total. The molecule has 144 valence electrons. The molecule has 1 aromatic carbocycles. The van der Waals surface area contributed by atoms with E-state index in [0.29, 0.717) is 42.5 Å². The van der Waals surface area contributed by atoms with Crippen LogP contribution in [0.5, 0.6) is 5.75 Å². The number of benzene rings is 1. The zero-order chi connectivity index (χ0) is 20.3. The number of rotatable bonds is 7. The molecule has 0 bridgehead atoms. The lowest BCUT2D eigenvalue weighted by molar-refractivity contribution is -0.106. The van der Waals surface area contributed by atoms with E-state index in [9.17, 15) is 19.5 Å². The van der Waals surface area contributed by atoms with Gasteiger partial charge in [-0.25, -0.2) is 9.78 Å². The number of hydrogen-bond donors (Lipinski definition) is 1. The molecule has 28 heavy (non-hydrogen) atoms. The Morgan fingerprint density at radius 3 is 2.50 bits per heavy atom. The summed E-state index contributed by atoms with van der Waals surface area (Å²) in [6, 6.07) is 9.95. The largest absolute Gasteiger partial charge is 0.494 e. The molecule has 0 radical (unpaired) electrons. The SMILES string of the molecule is CCOc1ccc(N(C=O)c2ccc3c(=O)c(C(=O)O)cn(CC)c3n2)cc1. The van der Waals surface area contributed by atoms with Crippen LogP contribution in [0, 0.1) is 0 Å². The van der Waals surface area contributed by atoms with E-state index in [1.807, 2.05) is 13.8 Å². The first-order valence-electron chi connectivity index (χ1n) is 8.75. The summed E-state index contributed by atoms with van der Waals surface area (Å²) in [6.45, 7) is 4.65. The molecule has 2 aromatic heterocycles. The Kier molecular flexibility index (Phi) is 5.39. The number of nitrogens with zero attached hydrogens (tertiary/aromatic N) is 3. The Bertz CT molecular complexity index is 1090. The maximum atomic E-state index is 12.4. The summed E-state index contributed by atoms with van der Waals surface area (Å²) in [5.74, 6) is -0.289. The average molecular weight is 381 g/mol. The highest BCUT2D eigenvalue weighted by Crippen LogP contribution is 2.26. The summed E-state index contributed by atoms with van der Waals surface area (Å²) in [6.07, 6.45) is 1.90. The van der Waals surface area contributed by atoms with Gasteiger partial charge < -0.3 is 14.4 Å². The van der Waals surface area contributed by atoms with Crippen LogP contribution in [0.4, 0.5) is 11.5 Å². The number of anilines is 2. The molecule has 8 heteroatoms. The Morgan fingerprint density at radius 2 is 1.93 bits per heavy atom. The summed E-state index contributed by atoms with van der Waals surface area (Å²) in [7, 11) is 0. The number of ether oxygens (including phenoxy) is 1. The Balaban J connectivity index is 2.12. The van der Waals surface area contributed by atoms with Crippen LogP contribution in [0.2, 0.25) is 0 Å². The van der Waals surface area contributed by atoms with E-state index < -0.39 is 11.4 Å². The zero-order valence-electron chi connectivity index (χ0n) is 15.5. The Labute approximate surface area is 160 Å². The Hall–Kier alpha value is -3.68. The van der Waals surface area contributed by atoms with Crippen molar-refractivity contribution in [2.45, 2.75) is 20.4 Å². The normalized spacial score (nSPS) is 10.6. The number of fused-ring (bicyclic) bond motifs is 1. The molecule has 0 spiro atoms. The number of pyridine rings is 2. The molecule has 0 fully saturated rings. The maximum absolute atomic E-state index is 12.4. The van der Waals surface area contributed by atoms with Gasteiger partial charge in [-0.05, 0) is 50.2 Å². The molecule has 0 saturated heterocycles. The molecule has 0 unspecified atom stereocenters. The summed E-state index contributed by atoms with van der Waals surface area (Å²) >= 11 is 0. The minimum atomic E-state index is -1.29. The zero-order valence-corrected chi connectivity index (χ0v) is 15.5. The minimum Gasteiger partial charge on any atom is -0.494 e. The molecule has 1 N–H and O–H groups in total. The molecule has 0 aliphatic heterocycles. The third kappa shape index (κ3) is 3.44. The van der Waals surface area contributed by atoms with E-state index in [0.717, 1.165) is 0 Å². The van der Waals surface area contributed by atoms with Gasteiger partial charge in [0.1, 0.15) is 22.8 Å². The van der Waals surface area contributed by atoms with Gasteiger partial charge in [0.05, 0.1) is 17.7 Å². The molecular formula is C20H19N3O5. The Morgan fingerprint density at radius 1 is 1.21 bits per heavy atom. The van der Waals surface area contributed by atoms with Gasteiger partial charge in [0, 0.05) is 12.7 Å². The van der Waals surface area contributed by atoms with Crippen LogP contribution >= 0.6 is 0 Å². The summed E-state index contributed by atoms with van der Waals surface area (Å²) in [5.41, 5.74) is -0.0294. The minimum absolute atomic E-state index is 0.183. The molecule has 0 aliphatic rings. The predicted molar refractivity (Wildman–Crippen MR) is 104 cm³/mol. The van der Waals surface area contributed by atoms with E-state index >= 15 is 0 Å². The smallest absolute Gasteiger partial charge is 0.341 e. The van der Waals surface area contributed by atoms with Crippen molar-refractivity contribution in [2.24, 2.45) is 0 Å². The van der Waals surface area contributed by atoms with Crippen LogP contribution in [0.1, 0.15) is 24.2 Å². The van der Waals surface area contributed by atoms with Gasteiger partial charge in [-0.1, -0.05) is 0 Å². The van der Waals surface area contributed by atoms with Crippen molar-refractivity contribution in [3.05, 3.63) is 58.4 Å². The van der Waals surface area contributed by atoms with Crippen LogP contribution in [-0.4, -0.2) is 33.6 Å². The molecule has 3 rings (SSSR count). The van der Waals surface area contributed by atoms with Gasteiger partial charge in [0.2, 0.25) is 11.8 Å². The second-order valence-electron chi connectivity index (χ2n) is 5.91. The second-order valence-corrected chi connectivity index (χ2v) is 5.91. The van der Waals surface area contributed by atoms with E-state index in [2.05, 4.69) is 4.98 Å². The topological polar surface area (TPSA) is 102 Å². The number of carboxylic acids is 1. The summed E-state index contributed by atoms with van der Waals surface area (Å²) in [5, 5.41) is 9.42. The average Bonchev–Trinajstić information content (AvgIpc) is 2.70. The highest BCUT2D eigenvalue weighted by molar-refractivity contribution is 5.93. The van der Waals surface area contributed by atoms with Crippen LogP contribution < -0.4 is 15.1 Å². The van der Waals surface area contributed by atoms with Crippen molar-refractivity contribution in [3.8, 4) is 5.75 Å². The number of amides is 1. The standard InChI is InChI=1S/C20H19N3O5/c1-3-22-11-16(20(26)27)18(25)15-9-10-17(21-19(15)22)23(12-24)13-5-7-14(8-6-13)28-4-2/h5-12H,3-4H2,1-2H3,(H,26,27). The van der Waals surface area contributed by atoms with Crippen molar-refractivity contribution in [3.63, 3.8) is 0 Å². The first-order chi connectivity index (χ1) is 13.5. The lowest BCUT2D eigenvalue weighted by atomic mass is 10.2. The molecule has 1 amide bonds. The molecule has 3 aromatic rings. The highest BCUT2D eigenvalue weighted by atomic mass is 16.5. The predicted octanol–water partition coefficient (Wildman–Crippen LogP) is 2.81. The van der Waals surface area contributed by atoms with Crippen molar-refractivity contribution in [1.29, 1.82) is 0 Å². The highest BCUT2D eigenvalue weighted by Gasteiger charge is 2.17. The molecule has 2 heterocycles. The number of aryl methyl sites for hydroxylation is 1. The number of hydrogen-bond acceptors (Lipinski definition) is 5. The van der Waals surface area contributed by atoms with Gasteiger partial charge in [0.15, 0.2) is 0 Å². The van der Waals surface area contributed by atoms with Crippen LogP contribution in [-0.2, 0) is 11.3 Å². The first kappa shape index (κ1) is 19.1. The van der Waals surface area contributed by atoms with Crippen molar-refractivity contribution >= 4 is 34.9 Å². The fraction of sp³-hybridized carbons (Fsp3) is 0.200. The van der Waals surface area contributed by atoms with Crippen molar-refractivity contribution in [1.82, 2.24) is 9.55 Å². The molecule has 0 atom stereocenters. The fourth-order valence-corrected chi connectivity index (χ4v) is 2.90. The summed E-state index contributed by atoms with van der Waals surface area (Å²) in [4.78, 5) is 41.3. The van der Waals surface area contributed by atoms with Gasteiger partial charge in [-0.15, -0.1) is 0 Å². The lowest BCUT2D eigenvalue weighted by Gasteiger charge is -2.18. The monoisotopic (exact) mass is 381 g/mol. The van der Waals surface area contributed by atoms with E-state index in [1.165, 1.54) is 23.2 Å². The van der Waals surface area contributed by atoms with E-state index in [-0.39, 0.29) is 10.9 Å². The van der Waals surface area contributed by atoms with E-state index in [1.54, 1.807) is 28.8 Å². The number of aromatic nitrogens is 2. The van der Waals surface area contributed by atoms with Crippen LogP contribution in [0.3, 0.4) is 0 Å². The maximum Gasteiger partial charge on any atom is 0.341 e. The van der Waals surface area contributed by atoms with Crippen LogP contribution in [0.15, 0.2) is 47.4 Å². The molecular weight excluding hydrogens is 362 g/mol. The fourth-order valence-electron chi connectivity index (χ4n) is 2.90. The number of carbonyl (C=O) groups is 2. The summed E-state index contributed by atoms with van der Waals surface area (Å²) < 4.78 is 6.98. The number of carbonyl (C=O) groups excluding carboxylic acids is 1. The van der Waals surface area contributed by atoms with Crippen molar-refractivity contribution in [2.75, 3.05) is 11.5 Å². The second kappa shape index (κ2) is 7.91. The van der Waals surface area contributed by atoms with Crippen molar-refractivity contribution < 1.29 is 19.4 Å². The van der Waals surface area contributed by atoms with Gasteiger partial charge in [0.25, 0.3) is 0 Å².